The van der Waals surface area contributed by atoms with Crippen molar-refractivity contribution in [1.82, 2.24) is 0 Å². The first kappa shape index (κ1) is 31.8. The smallest absolute Gasteiger partial charge is 0.426 e. The Bertz CT molecular complexity index is 1380. The molecule has 0 saturated carbocycles. The summed E-state index contributed by atoms with van der Waals surface area (Å²) < 4.78 is 103. The highest BCUT2D eigenvalue weighted by molar-refractivity contribution is 7.92. The normalized spacial score (nSPS) is 16.2. The molecule has 3 rings (SSSR count). The lowest BCUT2D eigenvalue weighted by Gasteiger charge is -2.36. The number of sulfonamides is 1. The number of amides is 1. The SMILES string of the molecule is COC(=O)CCC1CN(S(=O)(=O)c2ccc(F)c(OC)c2)c2cc(NC(=O)OC(C(C)(C)C)C(F)(F)F)ccc2O1. The van der Waals surface area contributed by atoms with Crippen molar-refractivity contribution in [1.29, 1.82) is 0 Å². The predicted octanol–water partition coefficient (Wildman–Crippen LogP) is 5.27. The van der Waals surface area contributed by atoms with Gasteiger partial charge in [0.05, 0.1) is 31.3 Å². The van der Waals surface area contributed by atoms with Gasteiger partial charge in [0.15, 0.2) is 11.6 Å². The standard InChI is InChI=1S/C26H30F4N2O8S/c1-25(2,3)23(26(28,29)30)40-24(34)31-15-6-10-20-19(12-15)32(14-16(39-20)7-11-22(33)38-5)41(35,36)17-8-9-18(27)21(13-17)37-4/h6,8-10,12-13,16,23H,7,11,14H2,1-5H3,(H,31,34). The number of benzene rings is 2. The zero-order valence-corrected chi connectivity index (χ0v) is 23.7. The highest BCUT2D eigenvalue weighted by Gasteiger charge is 2.50. The molecule has 0 aliphatic carbocycles. The number of esters is 1. The van der Waals surface area contributed by atoms with E-state index in [0.29, 0.717) is 0 Å². The summed E-state index contributed by atoms with van der Waals surface area (Å²) in [5, 5.41) is 2.19. The summed E-state index contributed by atoms with van der Waals surface area (Å²) in [5.41, 5.74) is -1.61. The van der Waals surface area contributed by atoms with Crippen molar-refractivity contribution in [3.63, 3.8) is 0 Å². The fraction of sp³-hybridized carbons (Fsp3) is 0.462. The van der Waals surface area contributed by atoms with Gasteiger partial charge in [-0.1, -0.05) is 20.8 Å². The molecule has 1 amide bonds. The fourth-order valence-electron chi connectivity index (χ4n) is 4.07. The fourth-order valence-corrected chi connectivity index (χ4v) is 5.58. The van der Waals surface area contributed by atoms with E-state index in [1.54, 1.807) is 0 Å². The third-order valence-electron chi connectivity index (χ3n) is 6.05. The third kappa shape index (κ3) is 7.51. The van der Waals surface area contributed by atoms with Gasteiger partial charge in [0.1, 0.15) is 11.9 Å². The van der Waals surface area contributed by atoms with E-state index in [4.69, 9.17) is 9.47 Å². The number of hydrogen-bond acceptors (Lipinski definition) is 8. The predicted molar refractivity (Wildman–Crippen MR) is 139 cm³/mol. The van der Waals surface area contributed by atoms with Gasteiger partial charge in [-0.2, -0.15) is 13.2 Å². The molecular formula is C26H30F4N2O8S. The molecule has 0 spiro atoms. The highest BCUT2D eigenvalue weighted by Crippen LogP contribution is 2.41. The number of halogens is 4. The van der Waals surface area contributed by atoms with Crippen molar-refractivity contribution in [2.45, 2.75) is 56.9 Å². The van der Waals surface area contributed by atoms with Crippen LogP contribution in [0.1, 0.15) is 33.6 Å². The lowest BCUT2D eigenvalue weighted by atomic mass is 9.88. The monoisotopic (exact) mass is 606 g/mol. The number of anilines is 2. The second-order valence-corrected chi connectivity index (χ2v) is 12.0. The Kier molecular flexibility index (Phi) is 9.30. The zero-order chi connectivity index (χ0) is 30.8. The van der Waals surface area contributed by atoms with Crippen LogP contribution in [0.4, 0.5) is 33.7 Å². The Labute approximate surface area is 234 Å². The Morgan fingerprint density at radius 1 is 1.12 bits per heavy atom. The highest BCUT2D eigenvalue weighted by atomic mass is 32.2. The number of hydrogen-bond donors (Lipinski definition) is 1. The summed E-state index contributed by atoms with van der Waals surface area (Å²) >= 11 is 0. The quantitative estimate of drug-likeness (QED) is 0.319. The number of carbonyl (C=O) groups is 2. The maximum Gasteiger partial charge on any atom is 0.426 e. The van der Waals surface area contributed by atoms with Crippen LogP contribution in [0.3, 0.4) is 0 Å². The number of nitrogens with zero attached hydrogens (tertiary/aromatic N) is 1. The average Bonchev–Trinajstić information content (AvgIpc) is 2.88. The van der Waals surface area contributed by atoms with Gasteiger partial charge >= 0.3 is 18.2 Å². The molecule has 2 aromatic carbocycles. The Morgan fingerprint density at radius 3 is 2.39 bits per heavy atom. The summed E-state index contributed by atoms with van der Waals surface area (Å²) in [5.74, 6) is -1.60. The van der Waals surface area contributed by atoms with Crippen molar-refractivity contribution in [3.05, 3.63) is 42.2 Å². The van der Waals surface area contributed by atoms with E-state index in [0.717, 1.165) is 22.5 Å². The average molecular weight is 607 g/mol. The molecule has 0 saturated heterocycles. The molecule has 2 atom stereocenters. The molecule has 226 valence electrons. The molecule has 2 aromatic rings. The topological polar surface area (TPSA) is 120 Å². The molecule has 1 heterocycles. The van der Waals surface area contributed by atoms with Gasteiger partial charge in [-0.15, -0.1) is 0 Å². The summed E-state index contributed by atoms with van der Waals surface area (Å²) in [6.07, 6.45) is -9.46. The van der Waals surface area contributed by atoms with Gasteiger partial charge in [-0.05, 0) is 36.8 Å². The van der Waals surface area contributed by atoms with Gasteiger partial charge in [-0.3, -0.25) is 14.4 Å². The molecule has 41 heavy (non-hydrogen) atoms. The van der Waals surface area contributed by atoms with E-state index >= 15 is 0 Å². The number of methoxy groups -OCH3 is 2. The van der Waals surface area contributed by atoms with Crippen LogP contribution in [0.5, 0.6) is 11.5 Å². The van der Waals surface area contributed by atoms with Crippen molar-refractivity contribution in [2.75, 3.05) is 30.4 Å². The van der Waals surface area contributed by atoms with Crippen LogP contribution in [0, 0.1) is 11.2 Å². The number of fused-ring (bicyclic) bond motifs is 1. The van der Waals surface area contributed by atoms with Crippen LogP contribution in [-0.4, -0.2) is 59.6 Å². The Hall–Kier alpha value is -3.75. The van der Waals surface area contributed by atoms with Crippen LogP contribution in [0.2, 0.25) is 0 Å². The van der Waals surface area contributed by atoms with Crippen LogP contribution < -0.4 is 19.1 Å². The molecule has 10 nitrogen and oxygen atoms in total. The van der Waals surface area contributed by atoms with E-state index in [1.807, 2.05) is 0 Å². The molecule has 0 fully saturated rings. The molecule has 1 aliphatic heterocycles. The summed E-state index contributed by atoms with van der Waals surface area (Å²) in [4.78, 5) is 23.8. The molecule has 1 N–H and O–H groups in total. The first-order chi connectivity index (χ1) is 19.0. The van der Waals surface area contributed by atoms with E-state index in [1.165, 1.54) is 53.2 Å². The van der Waals surface area contributed by atoms with Gasteiger partial charge in [0.25, 0.3) is 10.0 Å². The van der Waals surface area contributed by atoms with Crippen molar-refractivity contribution in [2.24, 2.45) is 5.41 Å². The zero-order valence-electron chi connectivity index (χ0n) is 22.9. The maximum atomic E-state index is 14.0. The van der Waals surface area contributed by atoms with Crippen LogP contribution in [-0.2, 0) is 24.3 Å². The second-order valence-electron chi connectivity index (χ2n) is 10.2. The van der Waals surface area contributed by atoms with E-state index in [-0.39, 0.29) is 47.2 Å². The molecule has 0 aromatic heterocycles. The second kappa shape index (κ2) is 12.0. The molecule has 0 bridgehead atoms. The lowest BCUT2D eigenvalue weighted by Crippen LogP contribution is -2.44. The molecule has 15 heteroatoms. The summed E-state index contributed by atoms with van der Waals surface area (Å²) in [6, 6.07) is 6.73. The number of alkyl halides is 3. The van der Waals surface area contributed by atoms with Crippen LogP contribution in [0.15, 0.2) is 41.3 Å². The number of ether oxygens (including phenoxy) is 4. The maximum absolute atomic E-state index is 14.0. The summed E-state index contributed by atoms with van der Waals surface area (Å²) in [6.45, 7) is 3.50. The van der Waals surface area contributed by atoms with E-state index < -0.39 is 51.7 Å². The molecule has 2 unspecified atom stereocenters. The molecule has 0 radical (unpaired) electrons. The Balaban J connectivity index is 1.98. The van der Waals surface area contributed by atoms with Gasteiger partial charge < -0.3 is 18.9 Å². The van der Waals surface area contributed by atoms with Crippen molar-refractivity contribution < 1.29 is 54.5 Å². The number of rotatable bonds is 8. The minimum Gasteiger partial charge on any atom is -0.494 e. The van der Waals surface area contributed by atoms with E-state index in [9.17, 15) is 35.6 Å². The molecule has 1 aliphatic rings. The first-order valence-electron chi connectivity index (χ1n) is 12.3. The summed E-state index contributed by atoms with van der Waals surface area (Å²) in [7, 11) is -2.03. The van der Waals surface area contributed by atoms with E-state index in [2.05, 4.69) is 14.8 Å². The third-order valence-corrected chi connectivity index (χ3v) is 7.83. The van der Waals surface area contributed by atoms with Crippen LogP contribution >= 0.6 is 0 Å². The number of carbonyl (C=O) groups excluding carboxylic acids is 2. The lowest BCUT2D eigenvalue weighted by molar-refractivity contribution is -0.229. The van der Waals surface area contributed by atoms with Crippen molar-refractivity contribution >= 4 is 33.5 Å². The van der Waals surface area contributed by atoms with Gasteiger partial charge in [-0.25, -0.2) is 17.6 Å². The first-order valence-corrected chi connectivity index (χ1v) is 13.7. The van der Waals surface area contributed by atoms with Gasteiger partial charge in [0, 0.05) is 23.6 Å². The minimum absolute atomic E-state index is 0.0468. The van der Waals surface area contributed by atoms with Crippen LogP contribution in [0.25, 0.3) is 0 Å². The largest absolute Gasteiger partial charge is 0.494 e. The van der Waals surface area contributed by atoms with Gasteiger partial charge in [0.2, 0.25) is 6.10 Å². The molecular weight excluding hydrogens is 576 g/mol. The Morgan fingerprint density at radius 2 is 1.80 bits per heavy atom. The minimum atomic E-state index is -4.83. The number of nitrogens with one attached hydrogen (secondary N) is 1. The van der Waals surface area contributed by atoms with Crippen molar-refractivity contribution in [3.8, 4) is 11.5 Å².